The third kappa shape index (κ3) is 10.8. The first-order chi connectivity index (χ1) is 21.6. The summed E-state index contributed by atoms with van der Waals surface area (Å²) in [6, 6.07) is 5.57. The van der Waals surface area contributed by atoms with Crippen LogP contribution in [0.25, 0.3) is 11.0 Å². The van der Waals surface area contributed by atoms with Crippen LogP contribution in [-0.2, 0) is 36.4 Å². The van der Waals surface area contributed by atoms with Crippen LogP contribution in [0.1, 0.15) is 24.6 Å². The van der Waals surface area contributed by atoms with Crippen LogP contribution in [0.5, 0.6) is 0 Å². The molecule has 0 saturated carbocycles. The van der Waals surface area contributed by atoms with E-state index in [-0.39, 0.29) is 36.8 Å². The number of rotatable bonds is 14. The smallest absolute Gasteiger partial charge is 0.390 e. The van der Waals surface area contributed by atoms with Crippen LogP contribution in [-0.4, -0.2) is 81.2 Å². The Kier molecular flexibility index (Phi) is 12.4. The summed E-state index contributed by atoms with van der Waals surface area (Å²) in [4.78, 5) is 60.9. The van der Waals surface area contributed by atoms with E-state index in [0.717, 1.165) is 5.03 Å². The lowest BCUT2D eigenvalue weighted by molar-refractivity contribution is -0.120. The minimum absolute atomic E-state index is 0.0401. The van der Waals surface area contributed by atoms with Crippen LogP contribution >= 0.6 is 45.1 Å². The summed E-state index contributed by atoms with van der Waals surface area (Å²) in [5.74, 6) is 6.23. The van der Waals surface area contributed by atoms with E-state index in [0.29, 0.717) is 16.7 Å². The van der Waals surface area contributed by atoms with Gasteiger partial charge in [-0.05, 0) is 22.9 Å². The molecule has 4 heterocycles. The molecule has 1 amide bonds. The first-order valence-corrected chi connectivity index (χ1v) is 19.7. The van der Waals surface area contributed by atoms with Gasteiger partial charge in [-0.2, -0.15) is 8.62 Å². The molecule has 0 spiro atoms. The van der Waals surface area contributed by atoms with E-state index in [2.05, 4.69) is 45.3 Å². The molecule has 46 heavy (non-hydrogen) atoms. The van der Waals surface area contributed by atoms with Gasteiger partial charge in [0.1, 0.15) is 35.2 Å². The minimum atomic E-state index is -5.71. The fourth-order valence-electron chi connectivity index (χ4n) is 3.93. The number of phosphoric acid groups is 3. The van der Waals surface area contributed by atoms with E-state index in [1.807, 2.05) is 18.2 Å². The lowest BCUT2D eigenvalue weighted by Crippen LogP contribution is -2.26. The number of anilines is 1. The van der Waals surface area contributed by atoms with Gasteiger partial charge in [0.05, 0.1) is 30.2 Å². The largest absolute Gasteiger partial charge is 0.490 e. The quantitative estimate of drug-likeness (QED) is 0.0535. The third-order valence-corrected chi connectivity index (χ3v) is 11.8. The van der Waals surface area contributed by atoms with Crippen molar-refractivity contribution < 1.29 is 61.1 Å². The molecule has 250 valence electrons. The lowest BCUT2D eigenvalue weighted by atomic mass is 10.2. The zero-order chi connectivity index (χ0) is 33.5. The predicted molar refractivity (Wildman–Crippen MR) is 163 cm³/mol. The average Bonchev–Trinajstić information content (AvgIpc) is 3.51. The second kappa shape index (κ2) is 15.7. The van der Waals surface area contributed by atoms with Crippen LogP contribution < -0.4 is 11.1 Å². The van der Waals surface area contributed by atoms with Crippen molar-refractivity contribution in [2.45, 2.75) is 36.3 Å². The number of carbonyl (C=O) groups excluding carboxylic acids is 1. The Morgan fingerprint density at radius 2 is 1.93 bits per heavy atom. The number of fused-ring (bicyclic) bond motifs is 1. The molecule has 2 unspecified atom stereocenters. The number of nitrogen functional groups attached to an aromatic ring is 1. The maximum absolute atomic E-state index is 12.2. The first kappa shape index (κ1) is 36.5. The Morgan fingerprint density at radius 1 is 1.15 bits per heavy atom. The van der Waals surface area contributed by atoms with Crippen molar-refractivity contribution in [3.8, 4) is 11.8 Å². The molecular weight excluding hydrogens is 713 g/mol. The monoisotopic (exact) mass is 740 g/mol. The molecule has 24 heteroatoms. The number of amides is 1. The Morgan fingerprint density at radius 3 is 2.65 bits per heavy atom. The summed E-state index contributed by atoms with van der Waals surface area (Å²) in [6.07, 6.45) is 1.17. The first-order valence-electron chi connectivity index (χ1n) is 12.8. The number of hydrogen-bond acceptors (Lipinski definition) is 15. The van der Waals surface area contributed by atoms with Gasteiger partial charge in [-0.25, -0.2) is 28.6 Å². The number of aliphatic hydroxyl groups excluding tert-OH is 1. The standard InChI is InChI=1S/C22H27N6O13P3S2/c23-21-20-14(4-3-8-24-17(30)6-9-45-46-18-5-1-2-7-25-18)11-28(22(20)27-13-26-21)19-10-15(29)16(39-19)12-38-43(34,35)41-44(36,37)40-42(31,32)33/h1-2,5,7,11,13,15-16,19,29H,6,8-10,12H2,(H,24,30)(H,34,35)(H,36,37)(H2,23,26,27)(H2,31,32,33)/t15?,16-,19-/m1/s1. The molecule has 1 aliphatic heterocycles. The van der Waals surface area contributed by atoms with Crippen LogP contribution in [0.2, 0.25) is 0 Å². The topological polar surface area (TPSA) is 288 Å². The Hall–Kier alpha value is -2.37. The van der Waals surface area contributed by atoms with E-state index in [1.54, 1.807) is 6.20 Å². The molecule has 0 bridgehead atoms. The van der Waals surface area contributed by atoms with E-state index >= 15 is 0 Å². The number of nitrogens with one attached hydrogen (secondary N) is 1. The number of hydrogen-bond donors (Lipinski definition) is 7. The van der Waals surface area contributed by atoms with Crippen LogP contribution in [0.4, 0.5) is 5.82 Å². The molecule has 3 aromatic heterocycles. The van der Waals surface area contributed by atoms with Gasteiger partial charge < -0.3 is 45.0 Å². The van der Waals surface area contributed by atoms with Gasteiger partial charge in [-0.3, -0.25) is 9.32 Å². The summed E-state index contributed by atoms with van der Waals surface area (Å²) < 4.78 is 53.6. The summed E-state index contributed by atoms with van der Waals surface area (Å²) in [5, 5.41) is 14.4. The van der Waals surface area contributed by atoms with Gasteiger partial charge in [0, 0.05) is 31.0 Å². The molecule has 1 fully saturated rings. The zero-order valence-electron chi connectivity index (χ0n) is 23.3. The molecule has 5 atom stereocenters. The predicted octanol–water partition coefficient (Wildman–Crippen LogP) is 1.70. The Balaban J connectivity index is 1.35. The van der Waals surface area contributed by atoms with Crippen molar-refractivity contribution in [3.63, 3.8) is 0 Å². The molecular formula is C22H27N6O13P3S2. The number of aliphatic hydroxyl groups is 1. The normalized spacial score (nSPS) is 20.8. The van der Waals surface area contributed by atoms with E-state index in [4.69, 9.17) is 20.3 Å². The van der Waals surface area contributed by atoms with Crippen molar-refractivity contribution in [2.75, 3.05) is 24.6 Å². The highest BCUT2D eigenvalue weighted by Gasteiger charge is 2.43. The second-order valence-electron chi connectivity index (χ2n) is 9.13. The van der Waals surface area contributed by atoms with Crippen molar-refractivity contribution in [3.05, 3.63) is 42.5 Å². The lowest BCUT2D eigenvalue weighted by Gasteiger charge is -2.19. The number of aromatic nitrogens is 4. The van der Waals surface area contributed by atoms with Gasteiger partial charge in [0.15, 0.2) is 0 Å². The molecule has 8 N–H and O–H groups in total. The molecule has 0 aromatic carbocycles. The molecule has 1 aliphatic rings. The van der Waals surface area contributed by atoms with Gasteiger partial charge in [0.25, 0.3) is 0 Å². The number of ether oxygens (including phenoxy) is 1. The Bertz CT molecular complexity index is 1750. The van der Waals surface area contributed by atoms with Crippen LogP contribution in [0, 0.1) is 11.8 Å². The molecule has 3 aromatic rings. The van der Waals surface area contributed by atoms with Gasteiger partial charge in [-0.15, -0.1) is 0 Å². The van der Waals surface area contributed by atoms with Crippen molar-refractivity contribution in [1.82, 2.24) is 24.8 Å². The van der Waals surface area contributed by atoms with Crippen LogP contribution in [0.15, 0.2) is 41.9 Å². The maximum Gasteiger partial charge on any atom is 0.490 e. The van der Waals surface area contributed by atoms with Crippen molar-refractivity contribution in [1.29, 1.82) is 0 Å². The maximum atomic E-state index is 12.2. The number of nitrogens with zero attached hydrogens (tertiary/aromatic N) is 4. The second-order valence-corrected chi connectivity index (χ2v) is 16.0. The summed E-state index contributed by atoms with van der Waals surface area (Å²) >= 11 is 0. The fourth-order valence-corrected chi connectivity index (χ4v) is 8.83. The summed E-state index contributed by atoms with van der Waals surface area (Å²) in [6.45, 7) is -0.803. The zero-order valence-corrected chi connectivity index (χ0v) is 27.6. The third-order valence-electron chi connectivity index (χ3n) is 5.76. The Labute approximate surface area is 268 Å². The van der Waals surface area contributed by atoms with Gasteiger partial charge in [0.2, 0.25) is 5.91 Å². The molecule has 4 rings (SSSR count). The highest BCUT2D eigenvalue weighted by atomic mass is 33.1. The van der Waals surface area contributed by atoms with Crippen molar-refractivity contribution in [2.24, 2.45) is 0 Å². The number of pyridine rings is 1. The van der Waals surface area contributed by atoms with E-state index in [9.17, 15) is 33.4 Å². The average molecular weight is 741 g/mol. The van der Waals surface area contributed by atoms with E-state index in [1.165, 1.54) is 38.7 Å². The summed E-state index contributed by atoms with van der Waals surface area (Å²) in [7, 11) is -13.7. The van der Waals surface area contributed by atoms with Gasteiger partial charge in [-0.1, -0.05) is 28.7 Å². The minimum Gasteiger partial charge on any atom is -0.390 e. The number of carbonyl (C=O) groups is 1. The van der Waals surface area contributed by atoms with E-state index < -0.39 is 48.5 Å². The number of phosphoric ester groups is 1. The molecule has 0 aliphatic carbocycles. The summed E-state index contributed by atoms with van der Waals surface area (Å²) in [5.41, 5.74) is 6.75. The number of nitrogens with two attached hydrogens (primary N) is 1. The fraction of sp³-hybridized carbons (Fsp3) is 0.364. The van der Waals surface area contributed by atoms with Crippen molar-refractivity contribution >= 4 is 67.8 Å². The molecule has 0 radical (unpaired) electrons. The molecule has 1 saturated heterocycles. The van der Waals surface area contributed by atoms with Crippen LogP contribution in [0.3, 0.4) is 0 Å². The molecule has 19 nitrogen and oxygen atoms in total. The highest BCUT2D eigenvalue weighted by Crippen LogP contribution is 2.66. The highest BCUT2D eigenvalue weighted by molar-refractivity contribution is 8.76. The SMILES string of the molecule is Nc1ncnc2c1c(C#CCNC(=O)CCSSc1ccccn1)cn2[C@H]1CC(O)[C@@H](CO[P@@](=O)(O)OP(=O)(O)OP(=O)(O)O)O1. The van der Waals surface area contributed by atoms with Gasteiger partial charge >= 0.3 is 23.5 Å².